The standard InChI is InChI=1S/C57H94O6/c1-4-7-10-13-16-19-22-25-27-28-30-33-36-39-42-45-48-51-57(60)63-54(52-61-55(58)49-46-43-40-37-34-31-24-21-18-15-12-9-6-3)53-62-56(59)50-47-44-41-38-35-32-29-26-23-20-17-14-11-8-5-2/h7,10,16-17,19-20,25-27,29-30,33,35,38-39,42,54H,4-6,8-9,11-15,18,21-24,28,31-32,34,36-37,40-41,43-53H2,1-3H3/b10-7-,19-16-,20-17-,27-25-,29-26-,33-30-,38-35-,42-39-/t54-/m0/s1. The number of hydrogen-bond acceptors (Lipinski definition) is 6. The molecule has 0 rings (SSSR count). The Bertz CT molecular complexity index is 1280. The third-order valence-corrected chi connectivity index (χ3v) is 10.6. The number of hydrogen-bond donors (Lipinski definition) is 0. The SMILES string of the molecule is CC/C=C\C/C=C\C/C=C\C/C=C\C/C=C\CCCC(=O)O[C@H](COC(=O)CCCC/C=C\C/C=C\C/C=C\CCCCC)COC(=O)CCCCCCCCCCCCCCC. The Labute approximate surface area is 387 Å². The van der Waals surface area contributed by atoms with Gasteiger partial charge in [0, 0.05) is 19.3 Å². The Kier molecular flexibility index (Phi) is 48.0. The minimum Gasteiger partial charge on any atom is -0.462 e. The maximum absolute atomic E-state index is 12.8. The second kappa shape index (κ2) is 51.0. The number of esters is 3. The van der Waals surface area contributed by atoms with E-state index in [9.17, 15) is 14.4 Å². The maximum Gasteiger partial charge on any atom is 0.306 e. The van der Waals surface area contributed by atoms with Crippen LogP contribution in [0.4, 0.5) is 0 Å². The minimum absolute atomic E-state index is 0.112. The van der Waals surface area contributed by atoms with Crippen LogP contribution in [0.3, 0.4) is 0 Å². The molecule has 0 fully saturated rings. The first-order valence-electron chi connectivity index (χ1n) is 25.7. The fraction of sp³-hybridized carbons (Fsp3) is 0.667. The van der Waals surface area contributed by atoms with Crippen LogP contribution >= 0.6 is 0 Å². The van der Waals surface area contributed by atoms with E-state index < -0.39 is 6.10 Å². The number of allylic oxidation sites excluding steroid dienone is 16. The lowest BCUT2D eigenvalue weighted by molar-refractivity contribution is -0.167. The molecule has 0 bridgehead atoms. The van der Waals surface area contributed by atoms with E-state index in [0.717, 1.165) is 89.9 Å². The van der Waals surface area contributed by atoms with Crippen LogP contribution < -0.4 is 0 Å². The molecule has 0 amide bonds. The van der Waals surface area contributed by atoms with Crippen LogP contribution in [0.5, 0.6) is 0 Å². The Balaban J connectivity index is 4.55. The van der Waals surface area contributed by atoms with Gasteiger partial charge in [-0.3, -0.25) is 14.4 Å². The van der Waals surface area contributed by atoms with Gasteiger partial charge in [-0.15, -0.1) is 0 Å². The fourth-order valence-electron chi connectivity index (χ4n) is 6.72. The van der Waals surface area contributed by atoms with E-state index in [1.54, 1.807) is 0 Å². The van der Waals surface area contributed by atoms with Gasteiger partial charge in [0.05, 0.1) is 0 Å². The quantitative estimate of drug-likeness (QED) is 0.0262. The average molecular weight is 875 g/mol. The lowest BCUT2D eigenvalue weighted by Gasteiger charge is -2.18. The van der Waals surface area contributed by atoms with Gasteiger partial charge >= 0.3 is 17.9 Å². The third-order valence-electron chi connectivity index (χ3n) is 10.6. The van der Waals surface area contributed by atoms with Gasteiger partial charge in [-0.2, -0.15) is 0 Å². The molecule has 0 saturated heterocycles. The zero-order valence-corrected chi connectivity index (χ0v) is 40.8. The molecule has 0 radical (unpaired) electrons. The van der Waals surface area contributed by atoms with Crippen molar-refractivity contribution >= 4 is 17.9 Å². The van der Waals surface area contributed by atoms with Crippen LogP contribution in [0.1, 0.15) is 226 Å². The second-order valence-corrected chi connectivity index (χ2v) is 16.7. The van der Waals surface area contributed by atoms with Crippen molar-refractivity contribution in [3.8, 4) is 0 Å². The monoisotopic (exact) mass is 875 g/mol. The Morgan fingerprint density at radius 1 is 0.333 bits per heavy atom. The highest BCUT2D eigenvalue weighted by Crippen LogP contribution is 2.14. The molecule has 0 unspecified atom stereocenters. The number of rotatable bonds is 45. The molecule has 63 heavy (non-hydrogen) atoms. The second-order valence-electron chi connectivity index (χ2n) is 16.7. The van der Waals surface area contributed by atoms with Crippen molar-refractivity contribution in [1.29, 1.82) is 0 Å². The molecule has 0 heterocycles. The third kappa shape index (κ3) is 49.2. The highest BCUT2D eigenvalue weighted by molar-refractivity contribution is 5.71. The molecule has 0 aliphatic carbocycles. The van der Waals surface area contributed by atoms with Crippen molar-refractivity contribution in [1.82, 2.24) is 0 Å². The molecule has 0 spiro atoms. The summed E-state index contributed by atoms with van der Waals surface area (Å²) in [5.74, 6) is -1.01. The van der Waals surface area contributed by atoms with Crippen molar-refractivity contribution in [2.45, 2.75) is 232 Å². The normalized spacial score (nSPS) is 12.9. The molecule has 0 saturated carbocycles. The first-order chi connectivity index (χ1) is 31.0. The summed E-state index contributed by atoms with van der Waals surface area (Å²) in [7, 11) is 0. The highest BCUT2D eigenvalue weighted by Gasteiger charge is 2.19. The van der Waals surface area contributed by atoms with Crippen molar-refractivity contribution in [3.05, 3.63) is 97.2 Å². The van der Waals surface area contributed by atoms with E-state index in [2.05, 4.69) is 118 Å². The van der Waals surface area contributed by atoms with E-state index in [-0.39, 0.29) is 37.5 Å². The van der Waals surface area contributed by atoms with Crippen LogP contribution in [0.2, 0.25) is 0 Å². The molecular formula is C57H94O6. The smallest absolute Gasteiger partial charge is 0.306 e. The van der Waals surface area contributed by atoms with Gasteiger partial charge in [0.15, 0.2) is 6.10 Å². The molecule has 0 aromatic rings. The van der Waals surface area contributed by atoms with E-state index in [0.29, 0.717) is 19.3 Å². The minimum atomic E-state index is -0.821. The van der Waals surface area contributed by atoms with E-state index in [1.165, 1.54) is 89.9 Å². The number of carbonyl (C=O) groups excluding carboxylic acids is 3. The molecule has 0 aromatic heterocycles. The van der Waals surface area contributed by atoms with Crippen molar-refractivity contribution in [2.24, 2.45) is 0 Å². The summed E-state index contributed by atoms with van der Waals surface area (Å²) >= 11 is 0. The topological polar surface area (TPSA) is 78.9 Å². The van der Waals surface area contributed by atoms with Crippen LogP contribution in [0.15, 0.2) is 97.2 Å². The van der Waals surface area contributed by atoms with E-state index in [4.69, 9.17) is 14.2 Å². The molecule has 6 heteroatoms. The molecular weight excluding hydrogens is 781 g/mol. The predicted molar refractivity (Wildman–Crippen MR) is 270 cm³/mol. The van der Waals surface area contributed by atoms with Crippen molar-refractivity contribution in [3.63, 3.8) is 0 Å². The zero-order valence-electron chi connectivity index (χ0n) is 40.8. The number of unbranched alkanes of at least 4 members (excludes halogenated alkanes) is 18. The van der Waals surface area contributed by atoms with Crippen molar-refractivity contribution in [2.75, 3.05) is 13.2 Å². The lowest BCUT2D eigenvalue weighted by atomic mass is 10.0. The first-order valence-corrected chi connectivity index (χ1v) is 25.7. The number of carbonyl (C=O) groups is 3. The predicted octanol–water partition coefficient (Wildman–Crippen LogP) is 17.0. The summed E-state index contributed by atoms with van der Waals surface area (Å²) in [5, 5.41) is 0. The molecule has 358 valence electrons. The molecule has 0 aliphatic heterocycles. The molecule has 0 N–H and O–H groups in total. The van der Waals surface area contributed by atoms with Gasteiger partial charge in [-0.1, -0.05) is 208 Å². The summed E-state index contributed by atoms with van der Waals surface area (Å²) in [5.41, 5.74) is 0. The van der Waals surface area contributed by atoms with Gasteiger partial charge in [0.1, 0.15) is 13.2 Å². The summed E-state index contributed by atoms with van der Waals surface area (Å²) in [4.78, 5) is 37.9. The summed E-state index contributed by atoms with van der Waals surface area (Å²) < 4.78 is 16.7. The number of ether oxygens (including phenoxy) is 3. The Morgan fingerprint density at radius 2 is 0.635 bits per heavy atom. The van der Waals surface area contributed by atoms with E-state index >= 15 is 0 Å². The molecule has 6 nitrogen and oxygen atoms in total. The van der Waals surface area contributed by atoms with E-state index in [1.807, 2.05) is 0 Å². The fourth-order valence-corrected chi connectivity index (χ4v) is 6.72. The zero-order chi connectivity index (χ0) is 45.8. The summed E-state index contributed by atoms with van der Waals surface area (Å²) in [6, 6.07) is 0. The molecule has 1 atom stereocenters. The summed E-state index contributed by atoms with van der Waals surface area (Å²) in [6.07, 6.45) is 66.8. The Morgan fingerprint density at radius 3 is 1.05 bits per heavy atom. The van der Waals surface area contributed by atoms with Crippen LogP contribution in [0.25, 0.3) is 0 Å². The largest absolute Gasteiger partial charge is 0.462 e. The Hall–Kier alpha value is -3.67. The van der Waals surface area contributed by atoms with Crippen LogP contribution in [-0.4, -0.2) is 37.2 Å². The first kappa shape index (κ1) is 59.3. The van der Waals surface area contributed by atoms with Gasteiger partial charge in [0.25, 0.3) is 0 Å². The summed E-state index contributed by atoms with van der Waals surface area (Å²) in [6.45, 7) is 6.40. The van der Waals surface area contributed by atoms with Gasteiger partial charge in [-0.05, 0) is 96.3 Å². The average Bonchev–Trinajstić information content (AvgIpc) is 3.28. The molecule has 0 aliphatic rings. The molecule has 0 aromatic carbocycles. The van der Waals surface area contributed by atoms with Gasteiger partial charge in [0.2, 0.25) is 0 Å². The van der Waals surface area contributed by atoms with Crippen LogP contribution in [-0.2, 0) is 28.6 Å². The highest BCUT2D eigenvalue weighted by atomic mass is 16.6. The van der Waals surface area contributed by atoms with Crippen LogP contribution in [0, 0.1) is 0 Å². The maximum atomic E-state index is 12.8. The van der Waals surface area contributed by atoms with Gasteiger partial charge < -0.3 is 14.2 Å². The van der Waals surface area contributed by atoms with Gasteiger partial charge in [-0.25, -0.2) is 0 Å². The van der Waals surface area contributed by atoms with Crippen molar-refractivity contribution < 1.29 is 28.6 Å². The lowest BCUT2D eigenvalue weighted by Crippen LogP contribution is -2.30.